The van der Waals surface area contributed by atoms with E-state index < -0.39 is 11.9 Å². The van der Waals surface area contributed by atoms with Crippen molar-refractivity contribution in [3.63, 3.8) is 0 Å². The molecule has 0 unspecified atom stereocenters. The summed E-state index contributed by atoms with van der Waals surface area (Å²) in [6.07, 6.45) is 3.42. The Kier molecular flexibility index (Phi) is 10.1. The molecule has 1 aliphatic rings. The second kappa shape index (κ2) is 14.1. The van der Waals surface area contributed by atoms with E-state index >= 15 is 0 Å². The van der Waals surface area contributed by atoms with Crippen LogP contribution >= 0.6 is 0 Å². The summed E-state index contributed by atoms with van der Waals surface area (Å²) < 4.78 is 5.82. The van der Waals surface area contributed by atoms with E-state index in [9.17, 15) is 14.4 Å². The fraction of sp³-hybridized carbons (Fsp3) is 0.344. The van der Waals surface area contributed by atoms with E-state index in [-0.39, 0.29) is 17.7 Å². The molecule has 39 heavy (non-hydrogen) atoms. The topological polar surface area (TPSA) is 102 Å². The van der Waals surface area contributed by atoms with Crippen molar-refractivity contribution in [2.24, 2.45) is 11.7 Å². The Morgan fingerprint density at radius 1 is 0.846 bits per heavy atom. The summed E-state index contributed by atoms with van der Waals surface area (Å²) in [5.74, 6) is 0.319. The summed E-state index contributed by atoms with van der Waals surface area (Å²) in [6, 6.07) is 26.6. The number of carbonyl (C=O) groups excluding carboxylic acids is 3. The molecular weight excluding hydrogens is 490 g/mol. The van der Waals surface area contributed by atoms with Crippen LogP contribution in [0.25, 0.3) is 0 Å². The first-order valence-corrected chi connectivity index (χ1v) is 13.6. The van der Waals surface area contributed by atoms with Crippen LogP contribution in [0.2, 0.25) is 0 Å². The summed E-state index contributed by atoms with van der Waals surface area (Å²) in [4.78, 5) is 39.3. The molecule has 4 rings (SSSR count). The van der Waals surface area contributed by atoms with Crippen LogP contribution in [0.3, 0.4) is 0 Å². The number of hydrogen-bond donors (Lipinski definition) is 2. The molecule has 7 nitrogen and oxygen atoms in total. The number of amides is 3. The number of hydrogen-bond acceptors (Lipinski definition) is 4. The Labute approximate surface area is 230 Å². The Hall–Kier alpha value is -4.13. The molecule has 0 radical (unpaired) electrons. The number of benzene rings is 3. The maximum Gasteiger partial charge on any atom is 0.240 e. The van der Waals surface area contributed by atoms with Gasteiger partial charge in [-0.3, -0.25) is 14.4 Å². The molecule has 0 saturated carbocycles. The van der Waals surface area contributed by atoms with Crippen LogP contribution in [0.1, 0.15) is 42.4 Å². The monoisotopic (exact) mass is 527 g/mol. The molecule has 1 saturated heterocycles. The van der Waals surface area contributed by atoms with E-state index in [2.05, 4.69) is 5.32 Å². The van der Waals surface area contributed by atoms with E-state index in [1.807, 2.05) is 89.8 Å². The number of carbonyl (C=O) groups is 3. The molecule has 1 atom stereocenters. The molecule has 3 amide bonds. The van der Waals surface area contributed by atoms with Crippen LogP contribution in [-0.4, -0.2) is 41.8 Å². The summed E-state index contributed by atoms with van der Waals surface area (Å²) in [6.45, 7) is 1.79. The zero-order chi connectivity index (χ0) is 27.5. The van der Waals surface area contributed by atoms with Gasteiger partial charge in [-0.2, -0.15) is 0 Å². The number of piperidine rings is 1. The lowest BCUT2D eigenvalue weighted by atomic mass is 9.92. The first-order chi connectivity index (χ1) is 19.0. The number of nitrogens with two attached hydrogens (primary N) is 1. The van der Waals surface area contributed by atoms with Crippen molar-refractivity contribution in [2.75, 3.05) is 13.1 Å². The minimum absolute atomic E-state index is 0.159. The van der Waals surface area contributed by atoms with Gasteiger partial charge in [-0.05, 0) is 54.0 Å². The third kappa shape index (κ3) is 8.99. The molecule has 0 bridgehead atoms. The lowest BCUT2D eigenvalue weighted by Crippen LogP contribution is -2.47. The van der Waals surface area contributed by atoms with Gasteiger partial charge < -0.3 is 20.7 Å². The molecule has 1 fully saturated rings. The Bertz CT molecular complexity index is 1210. The van der Waals surface area contributed by atoms with Crippen molar-refractivity contribution in [3.05, 3.63) is 102 Å². The number of likely N-dealkylation sites (tertiary alicyclic amines) is 1. The first-order valence-electron chi connectivity index (χ1n) is 13.6. The van der Waals surface area contributed by atoms with Crippen LogP contribution in [0.5, 0.6) is 5.75 Å². The van der Waals surface area contributed by atoms with Gasteiger partial charge in [0.25, 0.3) is 0 Å². The van der Waals surface area contributed by atoms with Gasteiger partial charge in [0.1, 0.15) is 18.4 Å². The standard InChI is InChI=1S/C32H37N3O4/c33-32(38)29(21-25-11-14-28(15-12-25)39-23-27-9-5-2-6-10-27)34-30(36)22-26-17-19-35(20-18-26)31(37)16-13-24-7-3-1-4-8-24/h1-12,14-15,26,29H,13,16-23H2,(H2,33,38)(H,34,36)/t29-/m0/s1. The highest BCUT2D eigenvalue weighted by molar-refractivity contribution is 5.87. The van der Waals surface area contributed by atoms with Crippen LogP contribution in [0.15, 0.2) is 84.9 Å². The highest BCUT2D eigenvalue weighted by atomic mass is 16.5. The van der Waals surface area contributed by atoms with Crippen LogP contribution in [0, 0.1) is 5.92 Å². The maximum atomic E-state index is 12.7. The van der Waals surface area contributed by atoms with Crippen molar-refractivity contribution in [2.45, 2.75) is 51.2 Å². The maximum absolute atomic E-state index is 12.7. The van der Waals surface area contributed by atoms with Crippen LogP contribution < -0.4 is 15.8 Å². The Morgan fingerprint density at radius 2 is 1.46 bits per heavy atom. The lowest BCUT2D eigenvalue weighted by molar-refractivity contribution is -0.133. The summed E-state index contributed by atoms with van der Waals surface area (Å²) >= 11 is 0. The van der Waals surface area contributed by atoms with Crippen molar-refractivity contribution < 1.29 is 19.1 Å². The average Bonchev–Trinajstić information content (AvgIpc) is 2.96. The van der Waals surface area contributed by atoms with Gasteiger partial charge in [-0.1, -0.05) is 72.8 Å². The minimum Gasteiger partial charge on any atom is -0.489 e. The molecule has 3 aromatic rings. The second-order valence-electron chi connectivity index (χ2n) is 10.2. The highest BCUT2D eigenvalue weighted by Gasteiger charge is 2.26. The number of nitrogens with one attached hydrogen (secondary N) is 1. The quantitative estimate of drug-likeness (QED) is 0.371. The molecule has 1 aliphatic heterocycles. The van der Waals surface area contributed by atoms with E-state index in [4.69, 9.17) is 10.5 Å². The summed E-state index contributed by atoms with van der Waals surface area (Å²) in [7, 11) is 0. The van der Waals surface area contributed by atoms with Crippen LogP contribution in [0.4, 0.5) is 0 Å². The second-order valence-corrected chi connectivity index (χ2v) is 10.2. The van der Waals surface area contributed by atoms with Crippen LogP contribution in [-0.2, 0) is 33.8 Å². The van der Waals surface area contributed by atoms with E-state index in [1.54, 1.807) is 0 Å². The van der Waals surface area contributed by atoms with Gasteiger partial charge in [-0.25, -0.2) is 0 Å². The summed E-state index contributed by atoms with van der Waals surface area (Å²) in [5, 5.41) is 2.82. The SMILES string of the molecule is NC(=O)[C@H](Cc1ccc(OCc2ccccc2)cc1)NC(=O)CC1CCN(C(=O)CCc2ccccc2)CC1. The number of rotatable bonds is 12. The normalized spacial score (nSPS) is 14.4. The molecule has 1 heterocycles. The van der Waals surface area contributed by atoms with Gasteiger partial charge >= 0.3 is 0 Å². The van der Waals surface area contributed by atoms with E-state index in [0.717, 1.165) is 41.7 Å². The van der Waals surface area contributed by atoms with Crippen molar-refractivity contribution in [3.8, 4) is 5.75 Å². The number of nitrogens with zero attached hydrogens (tertiary/aromatic N) is 1. The molecule has 0 spiro atoms. The van der Waals surface area contributed by atoms with Gasteiger partial charge in [0.15, 0.2) is 0 Å². The zero-order valence-corrected chi connectivity index (χ0v) is 22.3. The third-order valence-electron chi connectivity index (χ3n) is 7.20. The molecule has 0 aliphatic carbocycles. The van der Waals surface area contributed by atoms with Gasteiger partial charge in [0, 0.05) is 32.4 Å². The number of primary amides is 1. The van der Waals surface area contributed by atoms with Crippen molar-refractivity contribution in [1.29, 1.82) is 0 Å². The third-order valence-corrected chi connectivity index (χ3v) is 7.20. The van der Waals surface area contributed by atoms with Crippen molar-refractivity contribution >= 4 is 17.7 Å². The van der Waals surface area contributed by atoms with Gasteiger partial charge in [0.05, 0.1) is 0 Å². The Morgan fingerprint density at radius 3 is 2.08 bits per heavy atom. The van der Waals surface area contributed by atoms with Crippen molar-refractivity contribution in [1.82, 2.24) is 10.2 Å². The zero-order valence-electron chi connectivity index (χ0n) is 22.3. The number of aryl methyl sites for hydroxylation is 1. The minimum atomic E-state index is -0.784. The predicted octanol–water partition coefficient (Wildman–Crippen LogP) is 4.04. The highest BCUT2D eigenvalue weighted by Crippen LogP contribution is 2.22. The van der Waals surface area contributed by atoms with Gasteiger partial charge in [-0.15, -0.1) is 0 Å². The molecule has 0 aromatic heterocycles. The first kappa shape index (κ1) is 27.9. The Balaban J connectivity index is 1.18. The number of ether oxygens (including phenoxy) is 1. The molecule has 3 aromatic carbocycles. The largest absolute Gasteiger partial charge is 0.489 e. The molecule has 3 N–H and O–H groups in total. The van der Waals surface area contributed by atoms with E-state index in [0.29, 0.717) is 39.0 Å². The van der Waals surface area contributed by atoms with E-state index in [1.165, 1.54) is 0 Å². The fourth-order valence-electron chi connectivity index (χ4n) is 4.88. The lowest BCUT2D eigenvalue weighted by Gasteiger charge is -2.32. The molecule has 204 valence electrons. The predicted molar refractivity (Wildman–Crippen MR) is 151 cm³/mol. The smallest absolute Gasteiger partial charge is 0.240 e. The molecule has 7 heteroatoms. The fourth-order valence-corrected chi connectivity index (χ4v) is 4.88. The molecular formula is C32H37N3O4. The average molecular weight is 528 g/mol. The summed E-state index contributed by atoms with van der Waals surface area (Å²) in [5.41, 5.74) is 8.73. The van der Waals surface area contributed by atoms with Gasteiger partial charge in [0.2, 0.25) is 17.7 Å².